The molecule has 1 saturated carbocycles. The molecule has 3 rings (SSSR count). The Morgan fingerprint density at radius 3 is 2.71 bits per heavy atom. The third kappa shape index (κ3) is 2.99. The molecular formula is C15H16N4O2. The lowest BCUT2D eigenvalue weighted by Crippen LogP contribution is -2.22. The molecule has 0 aromatic carbocycles. The molecule has 1 aliphatic carbocycles. The van der Waals surface area contributed by atoms with Crippen molar-refractivity contribution >= 4 is 11.9 Å². The molecule has 2 aromatic rings. The molecule has 0 unspecified atom stereocenters. The second kappa shape index (κ2) is 5.12. The van der Waals surface area contributed by atoms with Crippen molar-refractivity contribution in [3.8, 4) is 0 Å². The van der Waals surface area contributed by atoms with E-state index in [0.717, 1.165) is 24.2 Å². The van der Waals surface area contributed by atoms with E-state index in [1.807, 2.05) is 13.0 Å². The number of amides is 1. The van der Waals surface area contributed by atoms with Gasteiger partial charge in [-0.05, 0) is 32.8 Å². The van der Waals surface area contributed by atoms with Crippen LogP contribution in [0.3, 0.4) is 0 Å². The fraction of sp³-hybridized carbons (Fsp3) is 0.333. The number of nitrogens with one attached hydrogen (secondary N) is 2. The molecule has 1 aliphatic rings. The minimum absolute atomic E-state index is 0.0543. The Morgan fingerprint density at radius 1 is 1.29 bits per heavy atom. The van der Waals surface area contributed by atoms with Crippen molar-refractivity contribution in [2.45, 2.75) is 32.6 Å². The molecule has 0 saturated heterocycles. The van der Waals surface area contributed by atoms with Crippen LogP contribution in [0.5, 0.6) is 0 Å². The average molecular weight is 284 g/mol. The smallest absolute Gasteiger partial charge is 0.263 e. The molecule has 0 spiro atoms. The molecule has 0 bridgehead atoms. The Bertz CT molecular complexity index is 763. The highest BCUT2D eigenvalue weighted by Crippen LogP contribution is 2.39. The van der Waals surface area contributed by atoms with Crippen LogP contribution in [0.2, 0.25) is 0 Å². The highest BCUT2D eigenvalue weighted by atomic mass is 16.2. The quantitative estimate of drug-likeness (QED) is 0.901. The van der Waals surface area contributed by atoms with E-state index in [4.69, 9.17) is 0 Å². The first-order valence-electron chi connectivity index (χ1n) is 6.89. The topological polar surface area (TPSA) is 87.7 Å². The van der Waals surface area contributed by atoms with Crippen molar-refractivity contribution in [3.63, 3.8) is 0 Å². The molecule has 2 aromatic heterocycles. The fourth-order valence-corrected chi connectivity index (χ4v) is 2.16. The van der Waals surface area contributed by atoms with Crippen LogP contribution in [-0.4, -0.2) is 20.9 Å². The summed E-state index contributed by atoms with van der Waals surface area (Å²) in [7, 11) is 0. The standard InChI is InChI=1S/C15H16N4O2/c1-8-6-13(20)11(7-16-8)14(21)19-15-17-9(2)5-12(18-15)10-3-4-10/h5-7,10H,3-4H2,1-2H3,(H,16,20)(H,17,18,19,21). The Balaban J connectivity index is 1.85. The van der Waals surface area contributed by atoms with E-state index in [9.17, 15) is 9.59 Å². The van der Waals surface area contributed by atoms with E-state index in [1.54, 1.807) is 6.92 Å². The Kier molecular flexibility index (Phi) is 3.29. The van der Waals surface area contributed by atoms with Gasteiger partial charge in [-0.3, -0.25) is 14.9 Å². The van der Waals surface area contributed by atoms with Gasteiger partial charge < -0.3 is 4.98 Å². The number of pyridine rings is 1. The summed E-state index contributed by atoms with van der Waals surface area (Å²) in [4.78, 5) is 35.4. The lowest BCUT2D eigenvalue weighted by Gasteiger charge is -2.06. The molecule has 0 aliphatic heterocycles. The molecule has 0 atom stereocenters. The summed E-state index contributed by atoms with van der Waals surface area (Å²) in [5, 5.41) is 2.60. The van der Waals surface area contributed by atoms with E-state index in [-0.39, 0.29) is 16.9 Å². The van der Waals surface area contributed by atoms with E-state index >= 15 is 0 Å². The van der Waals surface area contributed by atoms with Crippen LogP contribution < -0.4 is 10.7 Å². The van der Waals surface area contributed by atoms with Crippen LogP contribution in [0.15, 0.2) is 23.1 Å². The number of hydrogen-bond acceptors (Lipinski definition) is 4. The summed E-state index contributed by atoms with van der Waals surface area (Å²) in [6.07, 6.45) is 3.66. The number of H-pyrrole nitrogens is 1. The molecular weight excluding hydrogens is 268 g/mol. The zero-order valence-corrected chi connectivity index (χ0v) is 11.9. The fourth-order valence-electron chi connectivity index (χ4n) is 2.16. The second-order valence-corrected chi connectivity index (χ2v) is 5.38. The zero-order chi connectivity index (χ0) is 15.0. The molecule has 6 heteroatoms. The van der Waals surface area contributed by atoms with Gasteiger partial charge in [-0.2, -0.15) is 0 Å². The third-order valence-corrected chi connectivity index (χ3v) is 3.40. The van der Waals surface area contributed by atoms with Gasteiger partial charge in [-0.15, -0.1) is 0 Å². The van der Waals surface area contributed by atoms with Gasteiger partial charge in [0.15, 0.2) is 5.43 Å². The maximum atomic E-state index is 12.1. The van der Waals surface area contributed by atoms with Gasteiger partial charge in [-0.25, -0.2) is 9.97 Å². The Labute approximate surface area is 121 Å². The first-order valence-corrected chi connectivity index (χ1v) is 6.89. The van der Waals surface area contributed by atoms with Crippen LogP contribution in [0.4, 0.5) is 5.95 Å². The first kappa shape index (κ1) is 13.5. The molecule has 0 radical (unpaired) electrons. The van der Waals surface area contributed by atoms with Gasteiger partial charge in [0, 0.05) is 35.3 Å². The van der Waals surface area contributed by atoms with Gasteiger partial charge in [0.05, 0.1) is 0 Å². The van der Waals surface area contributed by atoms with Gasteiger partial charge in [0.1, 0.15) is 5.56 Å². The number of carbonyl (C=O) groups is 1. The summed E-state index contributed by atoms with van der Waals surface area (Å²) in [6.45, 7) is 3.62. The van der Waals surface area contributed by atoms with Gasteiger partial charge in [0.2, 0.25) is 5.95 Å². The number of nitrogens with zero attached hydrogens (tertiary/aromatic N) is 2. The predicted molar refractivity (Wildman–Crippen MR) is 78.5 cm³/mol. The minimum Gasteiger partial charge on any atom is -0.364 e. The number of aromatic nitrogens is 3. The van der Waals surface area contributed by atoms with Crippen molar-refractivity contribution < 1.29 is 4.79 Å². The van der Waals surface area contributed by atoms with Crippen LogP contribution in [0.25, 0.3) is 0 Å². The highest BCUT2D eigenvalue weighted by Gasteiger charge is 2.26. The van der Waals surface area contributed by atoms with Crippen molar-refractivity contribution in [3.05, 3.63) is 51.2 Å². The Hall–Kier alpha value is -2.50. The largest absolute Gasteiger partial charge is 0.364 e. The number of aryl methyl sites for hydroxylation is 2. The average Bonchev–Trinajstić information content (AvgIpc) is 3.21. The summed E-state index contributed by atoms with van der Waals surface area (Å²) in [5.74, 6) is 0.232. The summed E-state index contributed by atoms with van der Waals surface area (Å²) in [5.41, 5.74) is 2.20. The molecule has 1 fully saturated rings. The summed E-state index contributed by atoms with van der Waals surface area (Å²) >= 11 is 0. The van der Waals surface area contributed by atoms with E-state index in [2.05, 4.69) is 20.3 Å². The van der Waals surface area contributed by atoms with E-state index in [0.29, 0.717) is 11.6 Å². The van der Waals surface area contributed by atoms with Crippen LogP contribution in [0.1, 0.15) is 46.2 Å². The second-order valence-electron chi connectivity index (χ2n) is 5.38. The maximum absolute atomic E-state index is 12.1. The van der Waals surface area contributed by atoms with Crippen molar-refractivity contribution in [2.24, 2.45) is 0 Å². The van der Waals surface area contributed by atoms with Crippen LogP contribution in [-0.2, 0) is 0 Å². The predicted octanol–water partition coefficient (Wildman–Crippen LogP) is 1.91. The van der Waals surface area contributed by atoms with Gasteiger partial charge >= 0.3 is 0 Å². The monoisotopic (exact) mass is 284 g/mol. The molecule has 2 heterocycles. The SMILES string of the molecule is Cc1cc(C2CC2)nc(NC(=O)c2c[nH]c(C)cc2=O)n1. The highest BCUT2D eigenvalue weighted by molar-refractivity contribution is 6.03. The number of aromatic amines is 1. The Morgan fingerprint density at radius 2 is 2.05 bits per heavy atom. The summed E-state index contributed by atoms with van der Waals surface area (Å²) < 4.78 is 0. The number of rotatable bonds is 3. The van der Waals surface area contributed by atoms with Crippen molar-refractivity contribution in [1.82, 2.24) is 15.0 Å². The van der Waals surface area contributed by atoms with Crippen molar-refractivity contribution in [1.29, 1.82) is 0 Å². The van der Waals surface area contributed by atoms with Crippen LogP contribution in [0, 0.1) is 13.8 Å². The number of hydrogen-bond donors (Lipinski definition) is 2. The molecule has 2 N–H and O–H groups in total. The van der Waals surface area contributed by atoms with Crippen molar-refractivity contribution in [2.75, 3.05) is 5.32 Å². The van der Waals surface area contributed by atoms with Gasteiger partial charge in [0.25, 0.3) is 5.91 Å². The molecule has 21 heavy (non-hydrogen) atoms. The minimum atomic E-state index is -0.497. The van der Waals surface area contributed by atoms with Gasteiger partial charge in [-0.1, -0.05) is 0 Å². The number of anilines is 1. The normalized spacial score (nSPS) is 14.0. The molecule has 6 nitrogen and oxygen atoms in total. The number of carbonyl (C=O) groups excluding carboxylic acids is 1. The summed E-state index contributed by atoms with van der Waals surface area (Å²) in [6, 6.07) is 3.33. The maximum Gasteiger partial charge on any atom is 0.263 e. The molecule has 1 amide bonds. The van der Waals surface area contributed by atoms with E-state index in [1.165, 1.54) is 12.3 Å². The third-order valence-electron chi connectivity index (χ3n) is 3.40. The first-order chi connectivity index (χ1) is 10.0. The van der Waals surface area contributed by atoms with Crippen LogP contribution >= 0.6 is 0 Å². The zero-order valence-electron chi connectivity index (χ0n) is 11.9. The lowest BCUT2D eigenvalue weighted by molar-refractivity contribution is 0.102. The molecule has 108 valence electrons. The van der Waals surface area contributed by atoms with E-state index < -0.39 is 5.91 Å². The lowest BCUT2D eigenvalue weighted by atomic mass is 10.2.